The van der Waals surface area contributed by atoms with Crippen molar-refractivity contribution in [2.45, 2.75) is 25.1 Å². The van der Waals surface area contributed by atoms with Crippen LogP contribution in [0.4, 0.5) is 13.2 Å². The number of alkyl halides is 3. The van der Waals surface area contributed by atoms with Gasteiger partial charge in [-0.1, -0.05) is 29.4 Å². The second kappa shape index (κ2) is 8.97. The Hall–Kier alpha value is -2.74. The van der Waals surface area contributed by atoms with Crippen LogP contribution in [0, 0.1) is 5.92 Å². The minimum absolute atomic E-state index is 0. The Morgan fingerprint density at radius 3 is 1.86 bits per heavy atom. The van der Waals surface area contributed by atoms with Crippen molar-refractivity contribution in [3.8, 4) is 11.5 Å². The summed E-state index contributed by atoms with van der Waals surface area (Å²) in [6, 6.07) is 14.1. The minimum atomic E-state index is -4.48. The van der Waals surface area contributed by atoms with E-state index in [2.05, 4.69) is 5.16 Å². The predicted octanol–water partition coefficient (Wildman–Crippen LogP) is 4.58. The molecule has 152 valence electrons. The third-order valence-electron chi connectivity index (χ3n) is 4.56. The molecule has 0 aliphatic carbocycles. The lowest BCUT2D eigenvalue weighted by Gasteiger charge is -2.21. The summed E-state index contributed by atoms with van der Waals surface area (Å²) < 4.78 is 50.4. The molecule has 0 aromatic heterocycles. The van der Waals surface area contributed by atoms with Gasteiger partial charge in [0.2, 0.25) is 6.10 Å². The zero-order valence-electron chi connectivity index (χ0n) is 15.7. The first-order valence-corrected chi connectivity index (χ1v) is 8.46. The first-order valence-electron chi connectivity index (χ1n) is 8.46. The topological polar surface area (TPSA) is 75.0 Å². The summed E-state index contributed by atoms with van der Waals surface area (Å²) in [5.41, 5.74) is 2.00. The summed E-state index contributed by atoms with van der Waals surface area (Å²) in [6.07, 6.45) is -5.95. The van der Waals surface area contributed by atoms with Crippen molar-refractivity contribution >= 4 is 5.71 Å². The number of methoxy groups -OCH3 is 2. The Morgan fingerprint density at radius 1 is 0.893 bits per heavy atom. The summed E-state index contributed by atoms with van der Waals surface area (Å²) >= 11 is 0. The summed E-state index contributed by atoms with van der Waals surface area (Å²) in [7, 11) is 3.10. The van der Waals surface area contributed by atoms with Gasteiger partial charge in [-0.3, -0.25) is 0 Å². The van der Waals surface area contributed by atoms with Crippen molar-refractivity contribution in [2.24, 2.45) is 11.1 Å². The SMILES string of the molecule is COc1ccc(CC2=NOC(C(F)(F)F)C2Cc2ccc(OC)cc2)cc1.N. The Balaban J connectivity index is 0.00000280. The highest BCUT2D eigenvalue weighted by molar-refractivity contribution is 5.90. The average molecular weight is 396 g/mol. The maximum absolute atomic E-state index is 13.4. The Kier molecular flexibility index (Phi) is 6.90. The molecule has 0 bridgehead atoms. The molecule has 1 aliphatic rings. The summed E-state index contributed by atoms with van der Waals surface area (Å²) in [6.45, 7) is 0. The third kappa shape index (κ3) is 4.95. The monoisotopic (exact) mass is 396 g/mol. The molecule has 2 aromatic rings. The van der Waals surface area contributed by atoms with Gasteiger partial charge in [0.15, 0.2) is 0 Å². The summed E-state index contributed by atoms with van der Waals surface area (Å²) in [5.74, 6) is 0.465. The van der Waals surface area contributed by atoms with Crippen molar-refractivity contribution in [1.82, 2.24) is 6.15 Å². The van der Waals surface area contributed by atoms with Crippen LogP contribution in [0.15, 0.2) is 53.7 Å². The predicted molar refractivity (Wildman–Crippen MR) is 100 cm³/mol. The van der Waals surface area contributed by atoms with Crippen LogP contribution in [0.2, 0.25) is 0 Å². The first-order chi connectivity index (χ1) is 12.9. The highest BCUT2D eigenvalue weighted by atomic mass is 19.4. The van der Waals surface area contributed by atoms with E-state index >= 15 is 0 Å². The van der Waals surface area contributed by atoms with Crippen LogP contribution in [0.25, 0.3) is 0 Å². The molecule has 0 fully saturated rings. The fourth-order valence-electron chi connectivity index (χ4n) is 3.08. The van der Waals surface area contributed by atoms with Gasteiger partial charge in [-0.05, 0) is 41.8 Å². The molecule has 0 saturated heterocycles. The lowest BCUT2D eigenvalue weighted by molar-refractivity contribution is -0.222. The smallest absolute Gasteiger partial charge is 0.428 e. The van der Waals surface area contributed by atoms with Gasteiger partial charge in [0.25, 0.3) is 0 Å². The van der Waals surface area contributed by atoms with Crippen LogP contribution >= 0.6 is 0 Å². The van der Waals surface area contributed by atoms with Gasteiger partial charge in [-0.2, -0.15) is 13.2 Å². The molecular formula is C20H23F3N2O3. The number of hydrogen-bond donors (Lipinski definition) is 1. The van der Waals surface area contributed by atoms with Gasteiger partial charge >= 0.3 is 6.18 Å². The zero-order chi connectivity index (χ0) is 19.4. The molecule has 0 amide bonds. The van der Waals surface area contributed by atoms with Crippen LogP contribution in [-0.4, -0.2) is 32.2 Å². The molecule has 2 unspecified atom stereocenters. The first kappa shape index (κ1) is 21.6. The molecule has 28 heavy (non-hydrogen) atoms. The van der Waals surface area contributed by atoms with E-state index in [0.717, 1.165) is 11.1 Å². The van der Waals surface area contributed by atoms with Gasteiger partial charge in [0.1, 0.15) is 11.5 Å². The molecule has 5 nitrogen and oxygen atoms in total. The lowest BCUT2D eigenvalue weighted by atomic mass is 9.87. The summed E-state index contributed by atoms with van der Waals surface area (Å²) in [5, 5.41) is 3.77. The van der Waals surface area contributed by atoms with E-state index < -0.39 is 18.2 Å². The molecule has 0 spiro atoms. The van der Waals surface area contributed by atoms with Crippen molar-refractivity contribution in [3.63, 3.8) is 0 Å². The van der Waals surface area contributed by atoms with Crippen molar-refractivity contribution in [2.75, 3.05) is 14.2 Å². The van der Waals surface area contributed by atoms with Gasteiger partial charge in [0, 0.05) is 6.42 Å². The molecule has 2 aromatic carbocycles. The standard InChI is InChI=1S/C20H20F3NO3.H3N/c1-25-15-7-3-13(4-8-15)11-17-18(24-27-19(17)20(21,22)23)12-14-5-9-16(26-2)10-6-14;/h3-10,17,19H,11-12H2,1-2H3;1H3. The Morgan fingerprint density at radius 2 is 1.39 bits per heavy atom. The normalized spacial score (nSPS) is 18.7. The van der Waals surface area contributed by atoms with Crippen LogP contribution in [0.1, 0.15) is 11.1 Å². The maximum Gasteiger partial charge on any atom is 0.428 e. The van der Waals surface area contributed by atoms with Crippen molar-refractivity contribution in [1.29, 1.82) is 0 Å². The summed E-state index contributed by atoms with van der Waals surface area (Å²) in [4.78, 5) is 4.79. The van der Waals surface area contributed by atoms with Crippen LogP contribution in [0.5, 0.6) is 11.5 Å². The second-order valence-corrected chi connectivity index (χ2v) is 6.33. The molecule has 0 saturated carbocycles. The maximum atomic E-state index is 13.4. The van der Waals surface area contributed by atoms with E-state index in [4.69, 9.17) is 14.3 Å². The van der Waals surface area contributed by atoms with Gasteiger partial charge < -0.3 is 20.5 Å². The largest absolute Gasteiger partial charge is 0.497 e. The van der Waals surface area contributed by atoms with Crippen LogP contribution in [-0.2, 0) is 17.7 Å². The molecule has 2 atom stereocenters. The quantitative estimate of drug-likeness (QED) is 0.775. The fourth-order valence-corrected chi connectivity index (χ4v) is 3.08. The zero-order valence-corrected chi connectivity index (χ0v) is 15.7. The van der Waals surface area contributed by atoms with E-state index in [1.807, 2.05) is 12.1 Å². The molecule has 1 heterocycles. The Bertz CT molecular complexity index is 790. The second-order valence-electron chi connectivity index (χ2n) is 6.33. The number of rotatable bonds is 6. The number of oxime groups is 1. The van der Waals surface area contributed by atoms with Crippen LogP contribution < -0.4 is 15.6 Å². The van der Waals surface area contributed by atoms with E-state index in [-0.39, 0.29) is 19.0 Å². The molecule has 3 N–H and O–H groups in total. The van der Waals surface area contributed by atoms with Gasteiger partial charge in [-0.25, -0.2) is 0 Å². The van der Waals surface area contributed by atoms with Crippen molar-refractivity contribution < 1.29 is 27.5 Å². The molecule has 0 radical (unpaired) electrons. The van der Waals surface area contributed by atoms with Gasteiger partial charge in [-0.15, -0.1) is 0 Å². The average Bonchev–Trinajstić information content (AvgIpc) is 3.05. The van der Waals surface area contributed by atoms with E-state index in [1.54, 1.807) is 50.6 Å². The van der Waals surface area contributed by atoms with E-state index in [0.29, 0.717) is 17.2 Å². The number of ether oxygens (including phenoxy) is 2. The van der Waals surface area contributed by atoms with Crippen LogP contribution in [0.3, 0.4) is 0 Å². The van der Waals surface area contributed by atoms with E-state index in [1.165, 1.54) is 0 Å². The number of halogens is 3. The van der Waals surface area contributed by atoms with E-state index in [9.17, 15) is 13.2 Å². The number of benzene rings is 2. The minimum Gasteiger partial charge on any atom is -0.497 e. The fraction of sp³-hybridized carbons (Fsp3) is 0.350. The lowest BCUT2D eigenvalue weighted by Crippen LogP contribution is -2.38. The molecular weight excluding hydrogens is 373 g/mol. The number of nitrogens with zero attached hydrogens (tertiary/aromatic N) is 1. The number of hydrogen-bond acceptors (Lipinski definition) is 5. The van der Waals surface area contributed by atoms with Gasteiger partial charge in [0.05, 0.1) is 25.8 Å². The highest BCUT2D eigenvalue weighted by Crippen LogP contribution is 2.36. The molecule has 3 rings (SSSR count). The Labute approximate surface area is 161 Å². The van der Waals surface area contributed by atoms with Crippen molar-refractivity contribution in [3.05, 3.63) is 59.7 Å². The highest BCUT2D eigenvalue weighted by Gasteiger charge is 2.51. The molecule has 1 aliphatic heterocycles. The third-order valence-corrected chi connectivity index (χ3v) is 4.56. The molecule has 8 heteroatoms.